The van der Waals surface area contributed by atoms with Crippen molar-refractivity contribution in [3.8, 4) is 0 Å². The molecule has 2 aliphatic rings. The summed E-state index contributed by atoms with van der Waals surface area (Å²) in [6, 6.07) is 0. The molecule has 1 amide bonds. The molecule has 2 atom stereocenters. The van der Waals surface area contributed by atoms with Crippen LogP contribution in [0.25, 0.3) is 0 Å². The van der Waals surface area contributed by atoms with E-state index in [1.54, 1.807) is 4.90 Å². The van der Waals surface area contributed by atoms with Crippen molar-refractivity contribution in [2.45, 2.75) is 6.42 Å². The van der Waals surface area contributed by atoms with Crippen LogP contribution in [0.3, 0.4) is 0 Å². The van der Waals surface area contributed by atoms with Gasteiger partial charge in [0.1, 0.15) is 0 Å². The van der Waals surface area contributed by atoms with E-state index < -0.39 is 11.9 Å². The van der Waals surface area contributed by atoms with Crippen LogP contribution in [0.4, 0.5) is 0 Å². The first-order chi connectivity index (χ1) is 8.13. The first-order valence-corrected chi connectivity index (χ1v) is 5.98. The molecule has 1 aliphatic carbocycles. The molecule has 2 N–H and O–H groups in total. The molecule has 0 aromatic heterocycles. The maximum Gasteiger partial charge on any atom is 0.307 e. The number of carbonyl (C=O) groups excluding carboxylic acids is 1. The van der Waals surface area contributed by atoms with Crippen LogP contribution >= 0.6 is 0 Å². The Bertz CT molecular complexity index is 313. The van der Waals surface area contributed by atoms with Gasteiger partial charge in [-0.3, -0.25) is 14.5 Å². The van der Waals surface area contributed by atoms with E-state index >= 15 is 0 Å². The maximum atomic E-state index is 11.9. The van der Waals surface area contributed by atoms with Crippen LogP contribution in [0.1, 0.15) is 6.42 Å². The zero-order valence-electron chi connectivity index (χ0n) is 9.71. The summed E-state index contributed by atoms with van der Waals surface area (Å²) in [6.07, 6.45) is 0.491. The minimum Gasteiger partial charge on any atom is -0.481 e. The van der Waals surface area contributed by atoms with E-state index in [1.165, 1.54) is 0 Å². The molecule has 0 bridgehead atoms. The Kier molecular flexibility index (Phi) is 3.63. The molecule has 17 heavy (non-hydrogen) atoms. The van der Waals surface area contributed by atoms with Crippen molar-refractivity contribution in [2.24, 2.45) is 11.8 Å². The van der Waals surface area contributed by atoms with E-state index in [4.69, 9.17) is 10.2 Å². The van der Waals surface area contributed by atoms with Crippen LogP contribution in [0, 0.1) is 11.8 Å². The molecule has 1 saturated heterocycles. The summed E-state index contributed by atoms with van der Waals surface area (Å²) in [5, 5.41) is 17.6. The first kappa shape index (κ1) is 12.3. The lowest BCUT2D eigenvalue weighted by molar-refractivity contribution is -0.142. The minimum atomic E-state index is -0.859. The minimum absolute atomic E-state index is 0.0129. The van der Waals surface area contributed by atoms with E-state index in [0.29, 0.717) is 26.1 Å². The van der Waals surface area contributed by atoms with Crippen LogP contribution in [0.5, 0.6) is 0 Å². The Hall–Kier alpha value is -1.14. The van der Waals surface area contributed by atoms with Crippen LogP contribution in [0.2, 0.25) is 0 Å². The zero-order valence-corrected chi connectivity index (χ0v) is 9.71. The Morgan fingerprint density at radius 1 is 1.12 bits per heavy atom. The molecule has 0 spiro atoms. The maximum absolute atomic E-state index is 11.9. The predicted octanol–water partition coefficient (Wildman–Crippen LogP) is -1.16. The number of aliphatic carboxylic acids is 1. The van der Waals surface area contributed by atoms with E-state index in [2.05, 4.69) is 4.90 Å². The number of carboxylic acids is 1. The van der Waals surface area contributed by atoms with Crippen LogP contribution in [-0.4, -0.2) is 71.2 Å². The monoisotopic (exact) mass is 242 g/mol. The average molecular weight is 242 g/mol. The molecule has 1 saturated carbocycles. The second kappa shape index (κ2) is 5.01. The zero-order chi connectivity index (χ0) is 12.4. The summed E-state index contributed by atoms with van der Waals surface area (Å²) in [5.74, 6) is -1.63. The fraction of sp³-hybridized carbons (Fsp3) is 0.818. The normalized spacial score (nSPS) is 29.1. The van der Waals surface area contributed by atoms with Gasteiger partial charge in [-0.25, -0.2) is 0 Å². The van der Waals surface area contributed by atoms with Gasteiger partial charge in [-0.15, -0.1) is 0 Å². The van der Waals surface area contributed by atoms with Crippen molar-refractivity contribution in [1.29, 1.82) is 0 Å². The molecule has 1 aliphatic heterocycles. The summed E-state index contributed by atoms with van der Waals surface area (Å²) in [7, 11) is 0. The highest BCUT2D eigenvalue weighted by Gasteiger charge is 2.49. The molecule has 1 heterocycles. The summed E-state index contributed by atoms with van der Waals surface area (Å²) in [6.45, 7) is 3.58. The Morgan fingerprint density at radius 3 is 2.24 bits per heavy atom. The number of amides is 1. The highest BCUT2D eigenvalue weighted by atomic mass is 16.4. The number of aliphatic hydroxyl groups excluding tert-OH is 1. The number of hydrogen-bond acceptors (Lipinski definition) is 4. The largest absolute Gasteiger partial charge is 0.481 e. The lowest BCUT2D eigenvalue weighted by Gasteiger charge is -2.34. The Balaban J connectivity index is 1.78. The topological polar surface area (TPSA) is 81.1 Å². The molecule has 0 aromatic carbocycles. The van der Waals surface area contributed by atoms with Crippen molar-refractivity contribution in [2.75, 3.05) is 39.3 Å². The van der Waals surface area contributed by atoms with Crippen LogP contribution < -0.4 is 0 Å². The molecule has 96 valence electrons. The highest BCUT2D eigenvalue weighted by Crippen LogP contribution is 2.40. The molecular weight excluding hydrogens is 224 g/mol. The molecule has 2 fully saturated rings. The second-order valence-electron chi connectivity index (χ2n) is 4.68. The van der Waals surface area contributed by atoms with Crippen molar-refractivity contribution in [3.05, 3.63) is 0 Å². The molecule has 6 heteroatoms. The second-order valence-corrected chi connectivity index (χ2v) is 4.68. The number of β-amino-alcohol motifs (C(OH)–C–C–N with tert-alkyl or cyclic N) is 1. The molecule has 0 unspecified atom stereocenters. The molecule has 0 radical (unpaired) electrons. The summed E-state index contributed by atoms with van der Waals surface area (Å²) in [4.78, 5) is 26.5. The van der Waals surface area contributed by atoms with Gasteiger partial charge in [0.25, 0.3) is 0 Å². The van der Waals surface area contributed by atoms with Crippen LogP contribution in [-0.2, 0) is 9.59 Å². The van der Waals surface area contributed by atoms with Gasteiger partial charge in [0.05, 0.1) is 18.4 Å². The van der Waals surface area contributed by atoms with Crippen molar-refractivity contribution >= 4 is 11.9 Å². The van der Waals surface area contributed by atoms with Gasteiger partial charge in [-0.2, -0.15) is 0 Å². The van der Waals surface area contributed by atoms with Gasteiger partial charge in [0.15, 0.2) is 0 Å². The van der Waals surface area contributed by atoms with E-state index in [-0.39, 0.29) is 18.4 Å². The predicted molar refractivity (Wildman–Crippen MR) is 59.3 cm³/mol. The lowest BCUT2D eigenvalue weighted by atomic mass is 10.2. The summed E-state index contributed by atoms with van der Waals surface area (Å²) >= 11 is 0. The standard InChI is InChI=1S/C11H18N2O4/c14-6-5-12-1-3-13(4-2-12)10(15)8-7-9(8)11(16)17/h8-9,14H,1-7H2,(H,16,17)/t8-,9+/m1/s1. The van der Waals surface area contributed by atoms with Gasteiger partial charge in [0.2, 0.25) is 5.91 Å². The lowest BCUT2D eigenvalue weighted by Crippen LogP contribution is -2.49. The number of nitrogens with zero attached hydrogens (tertiary/aromatic N) is 2. The third-order valence-corrected chi connectivity index (χ3v) is 3.53. The third-order valence-electron chi connectivity index (χ3n) is 3.53. The van der Waals surface area contributed by atoms with E-state index in [1.807, 2.05) is 0 Å². The van der Waals surface area contributed by atoms with E-state index in [0.717, 1.165) is 13.1 Å². The number of aliphatic hydroxyl groups is 1. The van der Waals surface area contributed by atoms with E-state index in [9.17, 15) is 9.59 Å². The molecule has 6 nitrogen and oxygen atoms in total. The molecular formula is C11H18N2O4. The fourth-order valence-electron chi connectivity index (χ4n) is 2.31. The highest BCUT2D eigenvalue weighted by molar-refractivity contribution is 5.89. The average Bonchev–Trinajstić information content (AvgIpc) is 3.09. The third kappa shape index (κ3) is 2.76. The van der Waals surface area contributed by atoms with Crippen molar-refractivity contribution in [1.82, 2.24) is 9.80 Å². The number of carboxylic acid groups (broad SMARTS) is 1. The number of piperazine rings is 1. The molecule has 0 aromatic rings. The van der Waals surface area contributed by atoms with Crippen LogP contribution in [0.15, 0.2) is 0 Å². The summed E-state index contributed by atoms with van der Waals surface area (Å²) < 4.78 is 0. The summed E-state index contributed by atoms with van der Waals surface area (Å²) in [5.41, 5.74) is 0. The van der Waals surface area contributed by atoms with Gasteiger partial charge in [-0.1, -0.05) is 0 Å². The number of hydrogen-bond donors (Lipinski definition) is 2. The molecule has 2 rings (SSSR count). The quantitative estimate of drug-likeness (QED) is 0.650. The SMILES string of the molecule is O=C(O)[C@H]1C[C@H]1C(=O)N1CCN(CCO)CC1. The first-order valence-electron chi connectivity index (χ1n) is 5.98. The van der Waals surface area contributed by atoms with Crippen molar-refractivity contribution in [3.63, 3.8) is 0 Å². The van der Waals surface area contributed by atoms with Gasteiger partial charge in [0, 0.05) is 32.7 Å². The number of carbonyl (C=O) groups is 2. The van der Waals surface area contributed by atoms with Gasteiger partial charge < -0.3 is 15.1 Å². The smallest absolute Gasteiger partial charge is 0.307 e. The fourth-order valence-corrected chi connectivity index (χ4v) is 2.31. The van der Waals surface area contributed by atoms with Gasteiger partial charge >= 0.3 is 5.97 Å². The number of rotatable bonds is 4. The van der Waals surface area contributed by atoms with Crippen molar-refractivity contribution < 1.29 is 19.8 Å². The van der Waals surface area contributed by atoms with Gasteiger partial charge in [-0.05, 0) is 6.42 Å². The Morgan fingerprint density at radius 2 is 1.76 bits per heavy atom. The Labute approximate surface area is 99.8 Å².